The SMILES string of the molecule is CCCCCCCCCCCCOc1ccc(C#Cc2ccc(OCCCCCCCBr)cc2)c(OCCCCCCCCCCCC)c1OCCCCCCCCCCCC. The minimum absolute atomic E-state index is 0.657. The van der Waals surface area contributed by atoms with Gasteiger partial charge in [0.05, 0.1) is 32.0 Å². The molecule has 4 nitrogen and oxygen atoms in total. The normalized spacial score (nSPS) is 11.1. The van der Waals surface area contributed by atoms with E-state index in [-0.39, 0.29) is 0 Å². The highest BCUT2D eigenvalue weighted by molar-refractivity contribution is 9.09. The summed E-state index contributed by atoms with van der Waals surface area (Å²) in [6.07, 6.45) is 45.2. The quantitative estimate of drug-likeness (QED) is 0.0377. The summed E-state index contributed by atoms with van der Waals surface area (Å²) in [6.45, 7) is 9.65. The Balaban J connectivity index is 2.12. The fraction of sp³-hybridized carbons (Fsp3) is 0.754. The number of hydrogen-bond acceptors (Lipinski definition) is 4. The minimum atomic E-state index is 0.657. The fourth-order valence-electron chi connectivity index (χ4n) is 8.03. The van der Waals surface area contributed by atoms with Crippen LogP contribution in [0.4, 0.5) is 0 Å². The molecular formula is C57H95BrO4. The van der Waals surface area contributed by atoms with Gasteiger partial charge < -0.3 is 18.9 Å². The summed E-state index contributed by atoms with van der Waals surface area (Å²) in [4.78, 5) is 0. The molecule has 0 atom stereocenters. The molecule has 354 valence electrons. The van der Waals surface area contributed by atoms with Gasteiger partial charge in [-0.05, 0) is 68.5 Å². The van der Waals surface area contributed by atoms with E-state index in [0.717, 1.165) is 71.7 Å². The maximum Gasteiger partial charge on any atom is 0.204 e. The number of alkyl halides is 1. The summed E-state index contributed by atoms with van der Waals surface area (Å²) in [5.74, 6) is 10.1. The summed E-state index contributed by atoms with van der Waals surface area (Å²) >= 11 is 3.53. The summed E-state index contributed by atoms with van der Waals surface area (Å²) in [5, 5.41) is 1.10. The van der Waals surface area contributed by atoms with Crippen molar-refractivity contribution in [3.8, 4) is 34.8 Å². The van der Waals surface area contributed by atoms with E-state index in [9.17, 15) is 0 Å². The molecule has 62 heavy (non-hydrogen) atoms. The van der Waals surface area contributed by atoms with Crippen molar-refractivity contribution in [2.24, 2.45) is 0 Å². The highest BCUT2D eigenvalue weighted by Crippen LogP contribution is 2.41. The molecule has 0 radical (unpaired) electrons. The van der Waals surface area contributed by atoms with Crippen LogP contribution in [0.1, 0.15) is 257 Å². The highest BCUT2D eigenvalue weighted by Gasteiger charge is 2.18. The third kappa shape index (κ3) is 30.7. The van der Waals surface area contributed by atoms with Crippen LogP contribution in [0.2, 0.25) is 0 Å². The van der Waals surface area contributed by atoms with Gasteiger partial charge in [-0.3, -0.25) is 0 Å². The van der Waals surface area contributed by atoms with E-state index in [1.807, 2.05) is 12.1 Å². The molecule has 0 amide bonds. The summed E-state index contributed by atoms with van der Waals surface area (Å²) < 4.78 is 26.0. The van der Waals surface area contributed by atoms with E-state index in [2.05, 4.69) is 72.8 Å². The van der Waals surface area contributed by atoms with Gasteiger partial charge in [-0.25, -0.2) is 0 Å². The van der Waals surface area contributed by atoms with Gasteiger partial charge in [0.2, 0.25) is 5.75 Å². The average molecular weight is 924 g/mol. The van der Waals surface area contributed by atoms with Crippen LogP contribution < -0.4 is 18.9 Å². The van der Waals surface area contributed by atoms with Crippen LogP contribution >= 0.6 is 15.9 Å². The molecule has 2 aromatic carbocycles. The molecular weight excluding hydrogens is 829 g/mol. The number of ether oxygens (including phenoxy) is 4. The van der Waals surface area contributed by atoms with Gasteiger partial charge in [0.25, 0.3) is 0 Å². The van der Waals surface area contributed by atoms with Crippen LogP contribution in [-0.2, 0) is 0 Å². The number of unbranched alkanes of at least 4 members (excludes halogenated alkanes) is 31. The Morgan fingerprint density at radius 2 is 0.694 bits per heavy atom. The smallest absolute Gasteiger partial charge is 0.204 e. The predicted molar refractivity (Wildman–Crippen MR) is 273 cm³/mol. The Hall–Kier alpha value is -2.32. The highest BCUT2D eigenvalue weighted by atomic mass is 79.9. The Morgan fingerprint density at radius 3 is 1.11 bits per heavy atom. The number of hydrogen-bond donors (Lipinski definition) is 0. The van der Waals surface area contributed by atoms with Gasteiger partial charge in [0.1, 0.15) is 5.75 Å². The molecule has 0 aliphatic carbocycles. The third-order valence-electron chi connectivity index (χ3n) is 12.1. The molecule has 0 unspecified atom stereocenters. The van der Waals surface area contributed by atoms with E-state index in [4.69, 9.17) is 18.9 Å². The lowest BCUT2D eigenvalue weighted by atomic mass is 10.1. The second-order valence-electron chi connectivity index (χ2n) is 17.9. The number of halogens is 1. The zero-order valence-corrected chi connectivity index (χ0v) is 42.3. The number of rotatable bonds is 44. The molecule has 5 heteroatoms. The van der Waals surface area contributed by atoms with Crippen molar-refractivity contribution in [1.29, 1.82) is 0 Å². The van der Waals surface area contributed by atoms with Gasteiger partial charge in [-0.1, -0.05) is 241 Å². The topological polar surface area (TPSA) is 36.9 Å². The molecule has 0 spiro atoms. The molecule has 0 heterocycles. The molecule has 0 aliphatic rings. The summed E-state index contributed by atoms with van der Waals surface area (Å²) in [6, 6.07) is 12.4. The van der Waals surface area contributed by atoms with Crippen molar-refractivity contribution in [2.75, 3.05) is 31.8 Å². The Bertz CT molecular complexity index is 1330. The first kappa shape index (κ1) is 55.8. The first-order chi connectivity index (χ1) is 30.7. The summed E-state index contributed by atoms with van der Waals surface area (Å²) in [7, 11) is 0. The zero-order chi connectivity index (χ0) is 44.2. The molecule has 0 saturated heterocycles. The van der Waals surface area contributed by atoms with Gasteiger partial charge in [0, 0.05) is 10.9 Å². The van der Waals surface area contributed by atoms with E-state index in [0.29, 0.717) is 19.8 Å². The molecule has 0 aromatic heterocycles. The van der Waals surface area contributed by atoms with Crippen LogP contribution in [0.3, 0.4) is 0 Å². The van der Waals surface area contributed by atoms with Gasteiger partial charge in [-0.15, -0.1) is 0 Å². The Labute approximate surface area is 392 Å². The summed E-state index contributed by atoms with van der Waals surface area (Å²) in [5.41, 5.74) is 1.82. The fourth-order valence-corrected chi connectivity index (χ4v) is 8.42. The molecule has 2 rings (SSSR count). The number of benzene rings is 2. The van der Waals surface area contributed by atoms with E-state index in [1.165, 1.54) is 199 Å². The molecule has 2 aromatic rings. The van der Waals surface area contributed by atoms with E-state index < -0.39 is 0 Å². The van der Waals surface area contributed by atoms with Gasteiger partial charge >= 0.3 is 0 Å². The minimum Gasteiger partial charge on any atom is -0.494 e. The monoisotopic (exact) mass is 923 g/mol. The largest absolute Gasteiger partial charge is 0.494 e. The first-order valence-corrected chi connectivity index (χ1v) is 27.7. The predicted octanol–water partition coefficient (Wildman–Crippen LogP) is 18.7. The van der Waals surface area contributed by atoms with Crippen molar-refractivity contribution in [2.45, 2.75) is 245 Å². The maximum absolute atomic E-state index is 6.70. The lowest BCUT2D eigenvalue weighted by Gasteiger charge is -2.19. The van der Waals surface area contributed by atoms with Crippen LogP contribution in [0.15, 0.2) is 36.4 Å². The Morgan fingerprint density at radius 1 is 0.339 bits per heavy atom. The third-order valence-corrected chi connectivity index (χ3v) is 12.6. The van der Waals surface area contributed by atoms with E-state index >= 15 is 0 Å². The van der Waals surface area contributed by atoms with Crippen LogP contribution in [0.25, 0.3) is 0 Å². The molecule has 0 saturated carbocycles. The Kier molecular flexibility index (Phi) is 38.4. The van der Waals surface area contributed by atoms with Crippen molar-refractivity contribution >= 4 is 15.9 Å². The van der Waals surface area contributed by atoms with E-state index in [1.54, 1.807) is 0 Å². The molecule has 0 N–H and O–H groups in total. The maximum atomic E-state index is 6.70. The molecule has 0 aliphatic heterocycles. The lowest BCUT2D eigenvalue weighted by Crippen LogP contribution is -2.07. The standard InChI is InChI=1S/C57H95BrO4/c1-4-7-10-13-16-19-22-25-30-36-49-60-55-46-43-53(42-39-52-40-44-54(45-41-52)59-48-35-33-28-29-34-47-58)56(61-50-37-31-26-23-20-17-14-11-8-5-2)57(55)62-51-38-32-27-24-21-18-15-12-9-6-3/h40-41,43-46H,4-38,47-51H2,1-3H3. The average Bonchev–Trinajstić information content (AvgIpc) is 3.29. The molecule has 0 bridgehead atoms. The van der Waals surface area contributed by atoms with Gasteiger partial charge in [0.15, 0.2) is 11.5 Å². The molecule has 0 fully saturated rings. The van der Waals surface area contributed by atoms with Crippen molar-refractivity contribution in [1.82, 2.24) is 0 Å². The van der Waals surface area contributed by atoms with Crippen molar-refractivity contribution in [3.63, 3.8) is 0 Å². The van der Waals surface area contributed by atoms with Crippen LogP contribution in [-0.4, -0.2) is 31.8 Å². The van der Waals surface area contributed by atoms with Crippen LogP contribution in [0.5, 0.6) is 23.0 Å². The first-order valence-electron chi connectivity index (χ1n) is 26.6. The lowest BCUT2D eigenvalue weighted by molar-refractivity contribution is 0.234. The van der Waals surface area contributed by atoms with Gasteiger partial charge in [-0.2, -0.15) is 0 Å². The second-order valence-corrected chi connectivity index (χ2v) is 18.7. The zero-order valence-electron chi connectivity index (χ0n) is 40.8. The van der Waals surface area contributed by atoms with Crippen molar-refractivity contribution in [3.05, 3.63) is 47.5 Å². The second kappa shape index (κ2) is 42.6. The van der Waals surface area contributed by atoms with Crippen LogP contribution in [0, 0.1) is 11.8 Å². The van der Waals surface area contributed by atoms with Crippen molar-refractivity contribution < 1.29 is 18.9 Å².